The van der Waals surface area contributed by atoms with E-state index in [-0.39, 0.29) is 18.3 Å². The molecule has 0 aliphatic carbocycles. The summed E-state index contributed by atoms with van der Waals surface area (Å²) in [5, 5.41) is 14.8. The van der Waals surface area contributed by atoms with Crippen molar-refractivity contribution in [1.29, 1.82) is 0 Å². The lowest BCUT2D eigenvalue weighted by Crippen LogP contribution is -2.21. The third-order valence-electron chi connectivity index (χ3n) is 3.47. The first-order chi connectivity index (χ1) is 12.1. The van der Waals surface area contributed by atoms with Crippen LogP contribution in [0.5, 0.6) is 0 Å². The summed E-state index contributed by atoms with van der Waals surface area (Å²) in [5.41, 5.74) is 2.71. The molecule has 8 heteroatoms. The second-order valence-corrected chi connectivity index (χ2v) is 5.25. The highest BCUT2D eigenvalue weighted by molar-refractivity contribution is 5.86. The molecule has 0 unspecified atom stereocenters. The van der Waals surface area contributed by atoms with E-state index in [0.29, 0.717) is 22.8 Å². The number of aromatic nitrogens is 5. The Hall–Kier alpha value is -3.42. The summed E-state index contributed by atoms with van der Waals surface area (Å²) in [5.74, 6) is -0.0983. The van der Waals surface area contributed by atoms with Crippen molar-refractivity contribution in [2.75, 3.05) is 0 Å². The fourth-order valence-corrected chi connectivity index (χ4v) is 2.21. The lowest BCUT2D eigenvalue weighted by Gasteiger charge is -2.10. The molecule has 0 bridgehead atoms. The summed E-state index contributed by atoms with van der Waals surface area (Å²) < 4.78 is 13.1. The Morgan fingerprint density at radius 3 is 2.76 bits per heavy atom. The molecule has 7 nitrogen and oxygen atoms in total. The Bertz CT molecular complexity index is 919. The molecule has 126 valence electrons. The van der Waals surface area contributed by atoms with Crippen LogP contribution in [-0.4, -0.2) is 31.1 Å². The van der Waals surface area contributed by atoms with Gasteiger partial charge >= 0.3 is 0 Å². The molecule has 2 aromatic heterocycles. The van der Waals surface area contributed by atoms with E-state index in [0.717, 1.165) is 5.56 Å². The van der Waals surface area contributed by atoms with Crippen molar-refractivity contribution in [3.63, 3.8) is 0 Å². The predicted molar refractivity (Wildman–Crippen MR) is 89.1 cm³/mol. The Morgan fingerprint density at radius 1 is 1.36 bits per heavy atom. The maximum Gasteiger partial charge on any atom is 0.243 e. The number of rotatable bonds is 5. The molecule has 1 N–H and O–H groups in total. The summed E-state index contributed by atoms with van der Waals surface area (Å²) in [6, 6.07) is 7.78. The van der Waals surface area contributed by atoms with Crippen molar-refractivity contribution < 1.29 is 9.18 Å². The first-order valence-corrected chi connectivity index (χ1v) is 7.49. The number of hydrogen-bond acceptors (Lipinski definition) is 5. The molecule has 0 saturated heterocycles. The first kappa shape index (κ1) is 16.4. The van der Waals surface area contributed by atoms with Crippen LogP contribution in [-0.2, 0) is 11.3 Å². The van der Waals surface area contributed by atoms with Crippen molar-refractivity contribution in [3.8, 4) is 16.9 Å². The number of amides is 1. The van der Waals surface area contributed by atoms with Crippen LogP contribution in [0, 0.1) is 12.7 Å². The molecule has 25 heavy (non-hydrogen) atoms. The zero-order valence-electron chi connectivity index (χ0n) is 13.5. The Balaban J connectivity index is 2.02. The lowest BCUT2D eigenvalue weighted by atomic mass is 10.1. The topological polar surface area (TPSA) is 85.6 Å². The van der Waals surface area contributed by atoms with Gasteiger partial charge in [0.15, 0.2) is 5.82 Å². The highest BCUT2D eigenvalue weighted by Crippen LogP contribution is 2.22. The second kappa shape index (κ2) is 7.00. The number of aryl methyl sites for hydroxylation is 1. The molecule has 2 heterocycles. The molecule has 3 aromatic rings. The van der Waals surface area contributed by atoms with Gasteiger partial charge in [0.25, 0.3) is 0 Å². The number of pyridine rings is 1. The zero-order valence-corrected chi connectivity index (χ0v) is 13.5. The van der Waals surface area contributed by atoms with Crippen LogP contribution in [0.4, 0.5) is 4.39 Å². The minimum Gasteiger partial charge on any atom is -0.348 e. The van der Waals surface area contributed by atoms with Gasteiger partial charge in [-0.15, -0.1) is 15.0 Å². The maximum absolute atomic E-state index is 13.1. The van der Waals surface area contributed by atoms with Gasteiger partial charge in [-0.1, -0.05) is 6.58 Å². The van der Waals surface area contributed by atoms with E-state index < -0.39 is 0 Å². The maximum atomic E-state index is 13.1. The number of carbonyl (C=O) groups excluding carboxylic acids is 1. The fraction of sp³-hybridized carbons (Fsp3) is 0.118. The summed E-state index contributed by atoms with van der Waals surface area (Å²) in [6.07, 6.45) is 2.81. The van der Waals surface area contributed by atoms with Crippen molar-refractivity contribution >= 4 is 5.91 Å². The number of benzene rings is 1. The minimum atomic E-state index is -0.318. The van der Waals surface area contributed by atoms with E-state index in [9.17, 15) is 9.18 Å². The smallest absolute Gasteiger partial charge is 0.243 e. The largest absolute Gasteiger partial charge is 0.348 e. The molecular formula is C17H15FN6O. The Morgan fingerprint density at radius 2 is 2.12 bits per heavy atom. The van der Waals surface area contributed by atoms with Crippen LogP contribution in [0.1, 0.15) is 11.4 Å². The number of carbonyl (C=O) groups is 1. The molecule has 3 rings (SSSR count). The van der Waals surface area contributed by atoms with E-state index in [1.807, 2.05) is 0 Å². The first-order valence-electron chi connectivity index (χ1n) is 7.49. The molecule has 0 atom stereocenters. The molecule has 0 aliphatic heterocycles. The lowest BCUT2D eigenvalue weighted by molar-refractivity contribution is -0.116. The van der Waals surface area contributed by atoms with Crippen molar-refractivity contribution in [3.05, 3.63) is 66.4 Å². The van der Waals surface area contributed by atoms with Gasteiger partial charge in [-0.3, -0.25) is 9.78 Å². The van der Waals surface area contributed by atoms with Crippen molar-refractivity contribution in [1.82, 2.24) is 30.5 Å². The van der Waals surface area contributed by atoms with Gasteiger partial charge in [0, 0.05) is 23.9 Å². The minimum absolute atomic E-state index is 0.234. The fourth-order valence-electron chi connectivity index (χ4n) is 2.21. The SMILES string of the molecule is C=CC(=O)NCc1cnc(-c2ccc(F)cc2)cc1-n1nnc(C)n1. The molecule has 1 amide bonds. The summed E-state index contributed by atoms with van der Waals surface area (Å²) >= 11 is 0. The molecule has 0 fully saturated rings. The number of nitrogens with one attached hydrogen (secondary N) is 1. The number of halogens is 1. The van der Waals surface area contributed by atoms with Gasteiger partial charge in [-0.2, -0.15) is 0 Å². The van der Waals surface area contributed by atoms with Crippen LogP contribution in [0.25, 0.3) is 16.9 Å². The van der Waals surface area contributed by atoms with Crippen LogP contribution in [0.15, 0.2) is 49.2 Å². The highest BCUT2D eigenvalue weighted by Gasteiger charge is 2.12. The predicted octanol–water partition coefficient (Wildman–Crippen LogP) is 1.97. The molecule has 0 spiro atoms. The zero-order chi connectivity index (χ0) is 17.8. The standard InChI is InChI=1S/C17H15FN6O/c1-3-17(25)20-10-13-9-19-15(12-4-6-14(18)7-5-12)8-16(13)24-22-11(2)21-23-24/h3-9H,1,10H2,2H3,(H,20,25). The van der Waals surface area contributed by atoms with E-state index in [1.54, 1.807) is 31.3 Å². The third-order valence-corrected chi connectivity index (χ3v) is 3.47. The van der Waals surface area contributed by atoms with E-state index in [2.05, 4.69) is 32.3 Å². The average Bonchev–Trinajstić information content (AvgIpc) is 3.06. The van der Waals surface area contributed by atoms with Gasteiger partial charge in [-0.25, -0.2) is 4.39 Å². The van der Waals surface area contributed by atoms with Gasteiger partial charge in [-0.05, 0) is 48.5 Å². The molecule has 0 radical (unpaired) electrons. The number of nitrogens with zero attached hydrogens (tertiary/aromatic N) is 5. The van der Waals surface area contributed by atoms with Gasteiger partial charge < -0.3 is 5.32 Å². The van der Waals surface area contributed by atoms with Crippen LogP contribution < -0.4 is 5.32 Å². The van der Waals surface area contributed by atoms with Gasteiger partial charge in [0.05, 0.1) is 11.4 Å². The number of hydrogen-bond donors (Lipinski definition) is 1. The van der Waals surface area contributed by atoms with Crippen molar-refractivity contribution in [2.24, 2.45) is 0 Å². The van der Waals surface area contributed by atoms with E-state index in [4.69, 9.17) is 0 Å². The molecule has 0 saturated carbocycles. The van der Waals surface area contributed by atoms with Crippen molar-refractivity contribution in [2.45, 2.75) is 13.5 Å². The molecule has 0 aliphatic rings. The van der Waals surface area contributed by atoms with Crippen LogP contribution in [0.2, 0.25) is 0 Å². The summed E-state index contributed by atoms with van der Waals surface area (Å²) in [4.78, 5) is 17.2. The van der Waals surface area contributed by atoms with E-state index in [1.165, 1.54) is 23.0 Å². The van der Waals surface area contributed by atoms with Crippen LogP contribution in [0.3, 0.4) is 0 Å². The third kappa shape index (κ3) is 3.74. The Labute approximate surface area is 143 Å². The summed E-state index contributed by atoms with van der Waals surface area (Å²) in [7, 11) is 0. The van der Waals surface area contributed by atoms with Crippen LogP contribution >= 0.6 is 0 Å². The molecular weight excluding hydrogens is 323 g/mol. The quantitative estimate of drug-likeness (QED) is 0.719. The van der Waals surface area contributed by atoms with Gasteiger partial charge in [0.2, 0.25) is 5.91 Å². The normalized spacial score (nSPS) is 10.5. The average molecular weight is 338 g/mol. The molecule has 1 aromatic carbocycles. The highest BCUT2D eigenvalue weighted by atomic mass is 19.1. The summed E-state index contributed by atoms with van der Waals surface area (Å²) in [6.45, 7) is 5.38. The number of tetrazole rings is 1. The Kier molecular flexibility index (Phi) is 4.60. The second-order valence-electron chi connectivity index (χ2n) is 5.25. The van der Waals surface area contributed by atoms with Gasteiger partial charge in [0.1, 0.15) is 5.82 Å². The van der Waals surface area contributed by atoms with E-state index >= 15 is 0 Å². The monoisotopic (exact) mass is 338 g/mol.